The number of nitrogens with two attached hydrogens (primary N) is 1. The van der Waals surface area contributed by atoms with E-state index in [-0.39, 0.29) is 0 Å². The van der Waals surface area contributed by atoms with Crippen molar-refractivity contribution in [2.75, 3.05) is 6.61 Å². The number of imidazole rings is 1. The van der Waals surface area contributed by atoms with Gasteiger partial charge in [0.25, 0.3) is 6.01 Å². The molecule has 0 fully saturated rings. The van der Waals surface area contributed by atoms with E-state index in [0.29, 0.717) is 19.2 Å². The topological polar surface area (TPSA) is 53.1 Å². The van der Waals surface area contributed by atoms with Crippen molar-refractivity contribution >= 4 is 11.0 Å². The van der Waals surface area contributed by atoms with E-state index in [2.05, 4.69) is 22.5 Å². The fraction of sp³-hybridized carbons (Fsp3) is 0.417. The predicted octanol–water partition coefficient (Wildman–Crippen LogP) is 1.91. The van der Waals surface area contributed by atoms with Crippen LogP contribution in [0.5, 0.6) is 6.01 Å². The van der Waals surface area contributed by atoms with Crippen LogP contribution >= 0.6 is 0 Å². The Balaban J connectivity index is 2.57. The summed E-state index contributed by atoms with van der Waals surface area (Å²) in [6.07, 6.45) is 0. The van der Waals surface area contributed by atoms with E-state index in [0.717, 1.165) is 23.1 Å². The van der Waals surface area contributed by atoms with E-state index >= 15 is 0 Å². The first-order valence-electron chi connectivity index (χ1n) is 5.62. The smallest absolute Gasteiger partial charge is 0.297 e. The zero-order valence-electron chi connectivity index (χ0n) is 9.73. The molecule has 16 heavy (non-hydrogen) atoms. The van der Waals surface area contributed by atoms with Gasteiger partial charge in [-0.2, -0.15) is 4.98 Å². The van der Waals surface area contributed by atoms with Crippen molar-refractivity contribution in [3.8, 4) is 6.01 Å². The molecule has 1 aromatic carbocycles. The molecular formula is C12H17N3O. The van der Waals surface area contributed by atoms with Crippen LogP contribution in [0.2, 0.25) is 0 Å². The average molecular weight is 219 g/mol. The number of hydrogen-bond donors (Lipinski definition) is 1. The summed E-state index contributed by atoms with van der Waals surface area (Å²) >= 11 is 0. The van der Waals surface area contributed by atoms with Crippen LogP contribution in [0.15, 0.2) is 18.2 Å². The fourth-order valence-corrected chi connectivity index (χ4v) is 1.83. The highest BCUT2D eigenvalue weighted by Crippen LogP contribution is 2.22. The first-order chi connectivity index (χ1) is 7.80. The van der Waals surface area contributed by atoms with Crippen LogP contribution in [0.3, 0.4) is 0 Å². The van der Waals surface area contributed by atoms with E-state index in [1.165, 1.54) is 0 Å². The molecule has 2 aromatic rings. The van der Waals surface area contributed by atoms with Crippen molar-refractivity contribution in [2.24, 2.45) is 5.73 Å². The second kappa shape index (κ2) is 4.53. The lowest BCUT2D eigenvalue weighted by molar-refractivity contribution is 0.300. The van der Waals surface area contributed by atoms with E-state index in [1.807, 2.05) is 19.1 Å². The van der Waals surface area contributed by atoms with Crippen LogP contribution in [0.4, 0.5) is 0 Å². The molecule has 0 aliphatic rings. The van der Waals surface area contributed by atoms with Gasteiger partial charge in [-0.05, 0) is 31.5 Å². The number of aromatic nitrogens is 2. The Kier molecular flexibility index (Phi) is 3.10. The number of hydrogen-bond acceptors (Lipinski definition) is 3. The normalized spacial score (nSPS) is 10.9. The van der Waals surface area contributed by atoms with Crippen molar-refractivity contribution in [3.05, 3.63) is 23.8 Å². The summed E-state index contributed by atoms with van der Waals surface area (Å²) in [6.45, 7) is 6.07. The standard InChI is InChI=1S/C12H17N3O/c1-3-15-11-6-5-9(8-13)7-10(11)14-12(15)16-4-2/h5-7H,3-4,8,13H2,1-2H3. The summed E-state index contributed by atoms with van der Waals surface area (Å²) in [6, 6.07) is 6.79. The molecule has 0 saturated heterocycles. The molecule has 0 saturated carbocycles. The Labute approximate surface area is 95.0 Å². The largest absolute Gasteiger partial charge is 0.465 e. The van der Waals surface area contributed by atoms with Crippen LogP contribution < -0.4 is 10.5 Å². The van der Waals surface area contributed by atoms with Crippen LogP contribution in [0.25, 0.3) is 11.0 Å². The first-order valence-corrected chi connectivity index (χ1v) is 5.62. The zero-order valence-corrected chi connectivity index (χ0v) is 9.73. The summed E-state index contributed by atoms with van der Waals surface area (Å²) in [7, 11) is 0. The fourth-order valence-electron chi connectivity index (χ4n) is 1.83. The Morgan fingerprint density at radius 3 is 2.81 bits per heavy atom. The summed E-state index contributed by atoms with van der Waals surface area (Å²) in [5, 5.41) is 0. The molecule has 4 nitrogen and oxygen atoms in total. The first kappa shape index (κ1) is 11.0. The molecule has 0 radical (unpaired) electrons. The molecule has 1 aromatic heterocycles. The molecule has 1 heterocycles. The molecule has 0 unspecified atom stereocenters. The van der Waals surface area contributed by atoms with Crippen molar-refractivity contribution in [3.63, 3.8) is 0 Å². The molecule has 0 atom stereocenters. The van der Waals surface area contributed by atoms with Crippen LogP contribution in [-0.4, -0.2) is 16.2 Å². The molecule has 0 spiro atoms. The van der Waals surface area contributed by atoms with Gasteiger partial charge in [-0.15, -0.1) is 0 Å². The molecule has 0 aliphatic carbocycles. The van der Waals surface area contributed by atoms with Gasteiger partial charge < -0.3 is 10.5 Å². The lowest BCUT2D eigenvalue weighted by Gasteiger charge is -2.05. The van der Waals surface area contributed by atoms with Gasteiger partial charge in [0.2, 0.25) is 0 Å². The SMILES string of the molecule is CCOc1nc2cc(CN)ccc2n1CC. The highest BCUT2D eigenvalue weighted by Gasteiger charge is 2.10. The third-order valence-corrected chi connectivity index (χ3v) is 2.60. The van der Waals surface area contributed by atoms with E-state index in [1.54, 1.807) is 0 Å². The summed E-state index contributed by atoms with van der Waals surface area (Å²) in [5.74, 6) is 0. The van der Waals surface area contributed by atoms with Crippen molar-refractivity contribution < 1.29 is 4.74 Å². The Morgan fingerprint density at radius 1 is 1.38 bits per heavy atom. The third kappa shape index (κ3) is 1.76. The van der Waals surface area contributed by atoms with Gasteiger partial charge in [0.05, 0.1) is 17.6 Å². The van der Waals surface area contributed by atoms with Gasteiger partial charge in [-0.25, -0.2) is 0 Å². The maximum absolute atomic E-state index is 5.61. The summed E-state index contributed by atoms with van der Waals surface area (Å²) in [4.78, 5) is 4.47. The summed E-state index contributed by atoms with van der Waals surface area (Å²) < 4.78 is 7.58. The maximum atomic E-state index is 5.61. The average Bonchev–Trinajstić information content (AvgIpc) is 2.65. The molecule has 0 aliphatic heterocycles. The lowest BCUT2D eigenvalue weighted by Crippen LogP contribution is -2.01. The molecule has 0 bridgehead atoms. The molecular weight excluding hydrogens is 202 g/mol. The van der Waals surface area contributed by atoms with Gasteiger partial charge >= 0.3 is 0 Å². The zero-order chi connectivity index (χ0) is 11.5. The number of rotatable bonds is 4. The maximum Gasteiger partial charge on any atom is 0.297 e. The number of fused-ring (bicyclic) bond motifs is 1. The number of aryl methyl sites for hydroxylation is 1. The number of nitrogens with zero attached hydrogens (tertiary/aromatic N) is 2. The van der Waals surface area contributed by atoms with Gasteiger partial charge in [-0.3, -0.25) is 4.57 Å². The number of benzene rings is 1. The molecule has 2 N–H and O–H groups in total. The Morgan fingerprint density at radius 2 is 2.19 bits per heavy atom. The predicted molar refractivity (Wildman–Crippen MR) is 64.5 cm³/mol. The van der Waals surface area contributed by atoms with Crippen LogP contribution in [-0.2, 0) is 13.1 Å². The molecule has 0 amide bonds. The monoisotopic (exact) mass is 219 g/mol. The lowest BCUT2D eigenvalue weighted by atomic mass is 10.2. The van der Waals surface area contributed by atoms with Gasteiger partial charge in [0.15, 0.2) is 0 Å². The number of ether oxygens (including phenoxy) is 1. The second-order valence-corrected chi connectivity index (χ2v) is 3.60. The van der Waals surface area contributed by atoms with Crippen molar-refractivity contribution in [1.29, 1.82) is 0 Å². The Bertz CT molecular complexity index is 490. The van der Waals surface area contributed by atoms with Gasteiger partial charge in [0.1, 0.15) is 0 Å². The second-order valence-electron chi connectivity index (χ2n) is 3.60. The van der Waals surface area contributed by atoms with Crippen LogP contribution in [0.1, 0.15) is 19.4 Å². The minimum Gasteiger partial charge on any atom is -0.465 e. The minimum atomic E-state index is 0.541. The quantitative estimate of drug-likeness (QED) is 0.854. The molecule has 86 valence electrons. The van der Waals surface area contributed by atoms with Gasteiger partial charge in [0, 0.05) is 13.1 Å². The van der Waals surface area contributed by atoms with Crippen molar-refractivity contribution in [2.45, 2.75) is 26.9 Å². The van der Waals surface area contributed by atoms with E-state index in [9.17, 15) is 0 Å². The summed E-state index contributed by atoms with van der Waals surface area (Å²) in [5.41, 5.74) is 8.76. The van der Waals surface area contributed by atoms with Crippen molar-refractivity contribution in [1.82, 2.24) is 9.55 Å². The van der Waals surface area contributed by atoms with E-state index < -0.39 is 0 Å². The highest BCUT2D eigenvalue weighted by molar-refractivity contribution is 5.77. The van der Waals surface area contributed by atoms with Crippen LogP contribution in [0, 0.1) is 0 Å². The molecule has 2 rings (SSSR count). The molecule has 4 heteroatoms. The minimum absolute atomic E-state index is 0.541. The highest BCUT2D eigenvalue weighted by atomic mass is 16.5. The third-order valence-electron chi connectivity index (χ3n) is 2.60. The van der Waals surface area contributed by atoms with E-state index in [4.69, 9.17) is 10.5 Å². The Hall–Kier alpha value is -1.55. The van der Waals surface area contributed by atoms with Gasteiger partial charge in [-0.1, -0.05) is 6.07 Å².